The van der Waals surface area contributed by atoms with Gasteiger partial charge in [-0.2, -0.15) is 0 Å². The molecule has 4 nitrogen and oxygen atoms in total. The fourth-order valence-corrected chi connectivity index (χ4v) is 5.22. The first-order chi connectivity index (χ1) is 13.3. The van der Waals surface area contributed by atoms with E-state index in [4.69, 9.17) is 17.0 Å². The van der Waals surface area contributed by atoms with Gasteiger partial charge in [-0.15, -0.1) is 0 Å². The van der Waals surface area contributed by atoms with Gasteiger partial charge < -0.3 is 9.64 Å². The topological polar surface area (TPSA) is 32.8 Å². The minimum absolute atomic E-state index is 0.0864. The molecule has 1 fully saturated rings. The molecule has 0 atom stereocenters. The van der Waals surface area contributed by atoms with Crippen LogP contribution in [0.3, 0.4) is 0 Å². The van der Waals surface area contributed by atoms with Gasteiger partial charge in [0.1, 0.15) is 23.9 Å². The Kier molecular flexibility index (Phi) is 6.92. The number of amides is 1. The highest BCUT2D eigenvalue weighted by Crippen LogP contribution is 2.31. The number of ether oxygens (including phenoxy) is 1. The Bertz CT molecular complexity index is 940. The Morgan fingerprint density at radius 1 is 1.18 bits per heavy atom. The normalized spacial score (nSPS) is 15.7. The molecule has 2 aromatic rings. The molecule has 0 bridgehead atoms. The number of carbonyl (C=O) groups excluding carboxylic acids is 1. The molecule has 28 heavy (non-hydrogen) atoms. The van der Waals surface area contributed by atoms with Crippen molar-refractivity contribution in [3.63, 3.8) is 0 Å². The highest BCUT2D eigenvalue weighted by Gasteiger charge is 2.34. The molecule has 1 aliphatic heterocycles. The van der Waals surface area contributed by atoms with E-state index in [1.165, 1.54) is 12.1 Å². The SMILES string of the molecule is CCN1C(=O)/C(=C/c2cc(I)c(OCc3ccc(F)cc3)c(I)c2)N(C)C1=S. The van der Waals surface area contributed by atoms with E-state index in [1.807, 2.05) is 25.1 Å². The first kappa shape index (κ1) is 21.4. The third kappa shape index (κ3) is 4.48. The summed E-state index contributed by atoms with van der Waals surface area (Å²) in [7, 11) is 1.80. The lowest BCUT2D eigenvalue weighted by Crippen LogP contribution is -2.30. The van der Waals surface area contributed by atoms with Crippen LogP contribution in [0.25, 0.3) is 6.08 Å². The Balaban J connectivity index is 1.83. The summed E-state index contributed by atoms with van der Waals surface area (Å²) < 4.78 is 20.8. The van der Waals surface area contributed by atoms with Gasteiger partial charge in [0.25, 0.3) is 5.91 Å². The molecule has 1 aliphatic rings. The van der Waals surface area contributed by atoms with Gasteiger partial charge in [0.2, 0.25) is 0 Å². The zero-order valence-corrected chi connectivity index (χ0v) is 20.3. The Hall–Kier alpha value is -1.27. The number of nitrogens with zero attached hydrogens (tertiary/aromatic N) is 2. The molecule has 0 spiro atoms. The predicted molar refractivity (Wildman–Crippen MR) is 128 cm³/mol. The predicted octanol–water partition coefficient (Wildman–Crippen LogP) is 5.03. The zero-order valence-electron chi connectivity index (χ0n) is 15.2. The number of benzene rings is 2. The van der Waals surface area contributed by atoms with E-state index >= 15 is 0 Å². The number of hydrogen-bond donors (Lipinski definition) is 0. The van der Waals surface area contributed by atoms with Crippen LogP contribution in [0.2, 0.25) is 0 Å². The molecule has 1 saturated heterocycles. The third-order valence-corrected chi connectivity index (χ3v) is 6.38. The second-order valence-corrected chi connectivity index (χ2v) is 8.84. The van der Waals surface area contributed by atoms with Gasteiger partial charge in [-0.1, -0.05) is 12.1 Å². The lowest BCUT2D eigenvalue weighted by Gasteiger charge is -2.14. The number of likely N-dealkylation sites (N-methyl/N-ethyl adjacent to an activating group) is 2. The first-order valence-corrected chi connectivity index (χ1v) is 11.1. The highest BCUT2D eigenvalue weighted by atomic mass is 127. The van der Waals surface area contributed by atoms with Gasteiger partial charge in [0.05, 0.1) is 7.14 Å². The second-order valence-electron chi connectivity index (χ2n) is 6.15. The van der Waals surface area contributed by atoms with Crippen molar-refractivity contribution < 1.29 is 13.9 Å². The maximum Gasteiger partial charge on any atom is 0.276 e. The molecule has 0 unspecified atom stereocenters. The zero-order chi connectivity index (χ0) is 20.4. The van der Waals surface area contributed by atoms with Crippen molar-refractivity contribution in [3.05, 3.63) is 66.2 Å². The third-order valence-electron chi connectivity index (χ3n) is 4.28. The van der Waals surface area contributed by atoms with E-state index in [0.717, 1.165) is 24.0 Å². The van der Waals surface area contributed by atoms with E-state index in [9.17, 15) is 9.18 Å². The van der Waals surface area contributed by atoms with Crippen molar-refractivity contribution >= 4 is 74.5 Å². The summed E-state index contributed by atoms with van der Waals surface area (Å²) >= 11 is 9.77. The van der Waals surface area contributed by atoms with Gasteiger partial charge in [-0.3, -0.25) is 9.69 Å². The van der Waals surface area contributed by atoms with E-state index in [0.29, 0.717) is 24.0 Å². The second kappa shape index (κ2) is 9.04. The molecule has 0 radical (unpaired) electrons. The van der Waals surface area contributed by atoms with E-state index in [-0.39, 0.29) is 11.7 Å². The monoisotopic (exact) mass is 622 g/mol. The van der Waals surface area contributed by atoms with Gasteiger partial charge in [0.15, 0.2) is 5.11 Å². The Labute approximate surface area is 196 Å². The van der Waals surface area contributed by atoms with Crippen LogP contribution < -0.4 is 4.74 Å². The standard InChI is InChI=1S/C20H17FI2N2O2S/c1-3-25-19(26)17(24(2)20(25)28)10-13-8-15(22)18(16(23)9-13)27-11-12-4-6-14(21)7-5-12/h4-10H,3,11H2,1-2H3/b17-10-. The molecular formula is C20H17FI2N2O2S. The molecule has 3 rings (SSSR count). The molecule has 1 heterocycles. The molecule has 0 saturated carbocycles. The van der Waals surface area contributed by atoms with Crippen molar-refractivity contribution in [1.82, 2.24) is 9.80 Å². The van der Waals surface area contributed by atoms with Crippen LogP contribution in [0.4, 0.5) is 4.39 Å². The van der Waals surface area contributed by atoms with Gasteiger partial charge in [0, 0.05) is 13.6 Å². The van der Waals surface area contributed by atoms with Crippen LogP contribution in [0.15, 0.2) is 42.1 Å². The van der Waals surface area contributed by atoms with Gasteiger partial charge in [-0.05, 0) is 106 Å². The highest BCUT2D eigenvalue weighted by molar-refractivity contribution is 14.1. The van der Waals surface area contributed by atoms with Gasteiger partial charge in [-0.25, -0.2) is 4.39 Å². The van der Waals surface area contributed by atoms with Crippen molar-refractivity contribution in [1.29, 1.82) is 0 Å². The summed E-state index contributed by atoms with van der Waals surface area (Å²) in [5.74, 6) is 0.416. The summed E-state index contributed by atoms with van der Waals surface area (Å²) in [6.07, 6.45) is 1.85. The van der Waals surface area contributed by atoms with Crippen LogP contribution >= 0.6 is 57.4 Å². The lowest BCUT2D eigenvalue weighted by molar-refractivity contribution is -0.122. The molecule has 1 amide bonds. The molecule has 0 aliphatic carbocycles. The van der Waals surface area contributed by atoms with Crippen molar-refractivity contribution in [2.45, 2.75) is 13.5 Å². The smallest absolute Gasteiger partial charge is 0.276 e. The maximum absolute atomic E-state index is 13.0. The molecule has 0 aromatic heterocycles. The Morgan fingerprint density at radius 2 is 1.79 bits per heavy atom. The number of hydrogen-bond acceptors (Lipinski definition) is 3. The van der Waals surface area contributed by atoms with Crippen LogP contribution in [-0.2, 0) is 11.4 Å². The van der Waals surface area contributed by atoms with E-state index in [1.54, 1.807) is 29.0 Å². The number of carbonyl (C=O) groups is 1. The summed E-state index contributed by atoms with van der Waals surface area (Å²) in [6.45, 7) is 2.80. The Morgan fingerprint density at radius 3 is 2.32 bits per heavy atom. The average Bonchev–Trinajstić information content (AvgIpc) is 2.85. The van der Waals surface area contributed by atoms with Crippen LogP contribution in [0.1, 0.15) is 18.1 Å². The molecule has 0 N–H and O–H groups in total. The first-order valence-electron chi connectivity index (χ1n) is 8.49. The fraction of sp³-hybridized carbons (Fsp3) is 0.200. The van der Waals surface area contributed by atoms with Gasteiger partial charge >= 0.3 is 0 Å². The largest absolute Gasteiger partial charge is 0.487 e. The quantitative estimate of drug-likeness (QED) is 0.266. The number of rotatable bonds is 5. The lowest BCUT2D eigenvalue weighted by atomic mass is 10.1. The summed E-state index contributed by atoms with van der Waals surface area (Å²) in [4.78, 5) is 15.9. The average molecular weight is 622 g/mol. The minimum Gasteiger partial charge on any atom is -0.487 e. The summed E-state index contributed by atoms with van der Waals surface area (Å²) in [5.41, 5.74) is 2.35. The van der Waals surface area contributed by atoms with E-state index < -0.39 is 0 Å². The van der Waals surface area contributed by atoms with Crippen LogP contribution in [-0.4, -0.2) is 34.4 Å². The molecule has 8 heteroatoms. The minimum atomic E-state index is -0.266. The summed E-state index contributed by atoms with van der Waals surface area (Å²) in [5, 5.41) is 0.516. The molecule has 146 valence electrons. The number of thiocarbonyl (C=S) groups is 1. The van der Waals surface area contributed by atoms with Crippen molar-refractivity contribution in [3.8, 4) is 5.75 Å². The molecular weight excluding hydrogens is 605 g/mol. The summed E-state index contributed by atoms with van der Waals surface area (Å²) in [6, 6.07) is 10.2. The van der Waals surface area contributed by atoms with E-state index in [2.05, 4.69) is 45.2 Å². The number of halogens is 3. The fourth-order valence-electron chi connectivity index (χ4n) is 2.78. The van der Waals surface area contributed by atoms with Crippen LogP contribution in [0.5, 0.6) is 5.75 Å². The van der Waals surface area contributed by atoms with Crippen LogP contribution in [0, 0.1) is 13.0 Å². The van der Waals surface area contributed by atoms with Crippen molar-refractivity contribution in [2.24, 2.45) is 0 Å². The maximum atomic E-state index is 13.0. The van der Waals surface area contributed by atoms with Crippen molar-refractivity contribution in [2.75, 3.05) is 13.6 Å². The molecule has 2 aromatic carbocycles.